The molecule has 2 aromatic heterocycles. The van der Waals surface area contributed by atoms with Crippen LogP contribution in [0.25, 0.3) is 4.96 Å². The lowest BCUT2D eigenvalue weighted by molar-refractivity contribution is 0.280. The normalized spacial score (nSPS) is 11.0. The Hall–Kier alpha value is -2.09. The summed E-state index contributed by atoms with van der Waals surface area (Å²) in [5, 5.41) is 11.1. The minimum absolute atomic E-state index is 0.0507. The van der Waals surface area contributed by atoms with E-state index >= 15 is 0 Å². The molecule has 0 aliphatic rings. The predicted octanol–water partition coefficient (Wildman–Crippen LogP) is 2.15. The quantitative estimate of drug-likeness (QED) is 0.755. The monoisotopic (exact) mass is 305 g/mol. The van der Waals surface area contributed by atoms with E-state index in [1.807, 2.05) is 16.0 Å². The minimum atomic E-state index is -0.0507. The van der Waals surface area contributed by atoms with Gasteiger partial charge >= 0.3 is 0 Å². The fourth-order valence-electron chi connectivity index (χ4n) is 2.08. The average molecular weight is 305 g/mol. The summed E-state index contributed by atoms with van der Waals surface area (Å²) in [7, 11) is 1.55. The van der Waals surface area contributed by atoms with E-state index in [4.69, 9.17) is 20.3 Å². The Morgan fingerprint density at radius 1 is 1.38 bits per heavy atom. The maximum Gasteiger partial charge on any atom is 0.243 e. The highest BCUT2D eigenvalue weighted by Crippen LogP contribution is 2.34. The summed E-state index contributed by atoms with van der Waals surface area (Å²) in [5.74, 6) is 1.55. The first-order chi connectivity index (χ1) is 10.3. The Morgan fingerprint density at radius 2 is 2.24 bits per heavy atom. The van der Waals surface area contributed by atoms with Crippen molar-refractivity contribution in [3.05, 3.63) is 41.0 Å². The van der Waals surface area contributed by atoms with Crippen LogP contribution in [0.5, 0.6) is 17.4 Å². The lowest BCUT2D eigenvalue weighted by Gasteiger charge is -2.10. The number of methoxy groups -OCH3 is 1. The lowest BCUT2D eigenvalue weighted by atomic mass is 10.2. The molecule has 110 valence electrons. The van der Waals surface area contributed by atoms with Gasteiger partial charge in [0.05, 0.1) is 13.7 Å². The van der Waals surface area contributed by atoms with E-state index in [9.17, 15) is 0 Å². The Bertz CT molecular complexity index is 766. The van der Waals surface area contributed by atoms with Crippen LogP contribution in [0.2, 0.25) is 0 Å². The molecule has 3 aromatic rings. The van der Waals surface area contributed by atoms with Crippen molar-refractivity contribution in [3.63, 3.8) is 0 Å². The number of benzene rings is 1. The Kier molecular flexibility index (Phi) is 3.78. The topological polar surface area (TPSA) is 82.0 Å². The van der Waals surface area contributed by atoms with Crippen molar-refractivity contribution >= 4 is 16.3 Å². The van der Waals surface area contributed by atoms with Crippen LogP contribution in [0.3, 0.4) is 0 Å². The molecular weight excluding hydrogens is 290 g/mol. The number of aliphatic hydroxyl groups is 1. The molecule has 1 aromatic carbocycles. The number of nitrogens with two attached hydrogens (primary N) is 1. The smallest absolute Gasteiger partial charge is 0.243 e. The molecular formula is C14H15N3O3S. The van der Waals surface area contributed by atoms with Gasteiger partial charge in [0.2, 0.25) is 5.88 Å². The van der Waals surface area contributed by atoms with E-state index in [0.29, 0.717) is 23.9 Å². The summed E-state index contributed by atoms with van der Waals surface area (Å²) in [6.07, 6.45) is 1.91. The van der Waals surface area contributed by atoms with E-state index < -0.39 is 0 Å². The SMILES string of the molecule is COc1cc(CO)ccc1Oc1nc2sccn2c1CN. The molecule has 0 spiro atoms. The molecule has 0 aliphatic heterocycles. The van der Waals surface area contributed by atoms with Gasteiger partial charge in [-0.2, -0.15) is 4.98 Å². The van der Waals surface area contributed by atoms with Crippen LogP contribution in [-0.4, -0.2) is 21.6 Å². The van der Waals surface area contributed by atoms with Crippen LogP contribution in [0.15, 0.2) is 29.8 Å². The van der Waals surface area contributed by atoms with Crippen molar-refractivity contribution in [3.8, 4) is 17.4 Å². The second-order valence-electron chi connectivity index (χ2n) is 4.37. The van der Waals surface area contributed by atoms with Crippen molar-refractivity contribution in [2.24, 2.45) is 5.73 Å². The first-order valence-corrected chi connectivity index (χ1v) is 7.25. The fraction of sp³-hybridized carbons (Fsp3) is 0.214. The third-order valence-electron chi connectivity index (χ3n) is 3.13. The number of aliphatic hydroxyl groups excluding tert-OH is 1. The van der Waals surface area contributed by atoms with Crippen molar-refractivity contribution in [1.82, 2.24) is 9.38 Å². The van der Waals surface area contributed by atoms with Gasteiger partial charge in [-0.1, -0.05) is 6.07 Å². The summed E-state index contributed by atoms with van der Waals surface area (Å²) in [6.45, 7) is 0.273. The molecule has 6 nitrogen and oxygen atoms in total. The summed E-state index contributed by atoms with van der Waals surface area (Å²) < 4.78 is 13.1. The molecule has 0 bridgehead atoms. The number of hydrogen-bond acceptors (Lipinski definition) is 6. The molecule has 0 aliphatic carbocycles. The summed E-state index contributed by atoms with van der Waals surface area (Å²) in [6, 6.07) is 5.26. The van der Waals surface area contributed by atoms with Crippen molar-refractivity contribution in [2.75, 3.05) is 7.11 Å². The lowest BCUT2D eigenvalue weighted by Crippen LogP contribution is -2.02. The number of imidazole rings is 1. The van der Waals surface area contributed by atoms with Crippen LogP contribution in [0.1, 0.15) is 11.3 Å². The van der Waals surface area contributed by atoms with E-state index in [2.05, 4.69) is 4.98 Å². The van der Waals surface area contributed by atoms with Gasteiger partial charge in [-0.3, -0.25) is 4.40 Å². The van der Waals surface area contributed by atoms with E-state index in [1.54, 1.807) is 25.3 Å². The Morgan fingerprint density at radius 3 is 2.95 bits per heavy atom. The zero-order chi connectivity index (χ0) is 14.8. The highest BCUT2D eigenvalue weighted by molar-refractivity contribution is 7.15. The number of ether oxygens (including phenoxy) is 2. The van der Waals surface area contributed by atoms with E-state index in [0.717, 1.165) is 16.2 Å². The first-order valence-electron chi connectivity index (χ1n) is 6.37. The van der Waals surface area contributed by atoms with Crippen LogP contribution >= 0.6 is 11.3 Å². The standard InChI is InChI=1S/C14H15N3O3S/c1-19-12-6-9(8-18)2-3-11(12)20-13-10(7-15)17-4-5-21-14(17)16-13/h2-6,18H,7-8,15H2,1H3. The third-order valence-corrected chi connectivity index (χ3v) is 3.89. The molecule has 0 unspecified atom stereocenters. The second-order valence-corrected chi connectivity index (χ2v) is 5.24. The van der Waals surface area contributed by atoms with Crippen molar-refractivity contribution < 1.29 is 14.6 Å². The predicted molar refractivity (Wildman–Crippen MR) is 80.0 cm³/mol. The van der Waals surface area contributed by atoms with Gasteiger partial charge in [0, 0.05) is 18.1 Å². The highest BCUT2D eigenvalue weighted by Gasteiger charge is 2.16. The van der Waals surface area contributed by atoms with E-state index in [1.165, 1.54) is 11.3 Å². The molecule has 0 radical (unpaired) electrons. The van der Waals surface area contributed by atoms with Crippen LogP contribution in [-0.2, 0) is 13.2 Å². The molecule has 3 N–H and O–H groups in total. The summed E-state index contributed by atoms with van der Waals surface area (Å²) >= 11 is 1.52. The molecule has 3 rings (SSSR count). The Labute approximate surface area is 125 Å². The second kappa shape index (κ2) is 5.72. The van der Waals surface area contributed by atoms with Crippen LogP contribution in [0, 0.1) is 0 Å². The van der Waals surface area contributed by atoms with Gasteiger partial charge in [-0.25, -0.2) is 0 Å². The summed E-state index contributed by atoms with van der Waals surface area (Å²) in [5.41, 5.74) is 7.35. The Balaban J connectivity index is 1.99. The largest absolute Gasteiger partial charge is 0.493 e. The molecule has 2 heterocycles. The third kappa shape index (κ3) is 2.46. The van der Waals surface area contributed by atoms with Crippen molar-refractivity contribution in [2.45, 2.75) is 13.2 Å². The van der Waals surface area contributed by atoms with Gasteiger partial charge in [-0.05, 0) is 17.7 Å². The molecule has 0 amide bonds. The van der Waals surface area contributed by atoms with Gasteiger partial charge in [0.25, 0.3) is 0 Å². The fourth-order valence-corrected chi connectivity index (χ4v) is 2.80. The number of aromatic nitrogens is 2. The summed E-state index contributed by atoms with van der Waals surface area (Å²) in [4.78, 5) is 5.26. The number of fused-ring (bicyclic) bond motifs is 1. The number of hydrogen-bond donors (Lipinski definition) is 2. The highest BCUT2D eigenvalue weighted by atomic mass is 32.1. The molecule has 0 atom stereocenters. The van der Waals surface area contributed by atoms with Crippen LogP contribution < -0.4 is 15.2 Å². The average Bonchev–Trinajstić information content (AvgIpc) is 3.08. The first kappa shape index (κ1) is 13.9. The van der Waals surface area contributed by atoms with Crippen LogP contribution in [0.4, 0.5) is 0 Å². The minimum Gasteiger partial charge on any atom is -0.493 e. The number of rotatable bonds is 5. The van der Waals surface area contributed by atoms with Gasteiger partial charge in [0.1, 0.15) is 5.69 Å². The molecule has 0 fully saturated rings. The number of nitrogens with zero attached hydrogens (tertiary/aromatic N) is 2. The molecule has 0 saturated heterocycles. The molecule has 7 heteroatoms. The van der Waals surface area contributed by atoms with Gasteiger partial charge < -0.3 is 20.3 Å². The van der Waals surface area contributed by atoms with Gasteiger partial charge in [0.15, 0.2) is 16.5 Å². The maximum absolute atomic E-state index is 9.16. The molecule has 0 saturated carbocycles. The van der Waals surface area contributed by atoms with Crippen molar-refractivity contribution in [1.29, 1.82) is 0 Å². The zero-order valence-electron chi connectivity index (χ0n) is 11.4. The molecule has 21 heavy (non-hydrogen) atoms. The number of thiazole rings is 1. The van der Waals surface area contributed by atoms with Gasteiger partial charge in [-0.15, -0.1) is 11.3 Å². The maximum atomic E-state index is 9.16. The zero-order valence-corrected chi connectivity index (χ0v) is 12.3. The van der Waals surface area contributed by atoms with E-state index in [-0.39, 0.29) is 6.61 Å².